The van der Waals surface area contributed by atoms with Gasteiger partial charge in [-0.3, -0.25) is 0 Å². The maximum atomic E-state index is 11.6. The van der Waals surface area contributed by atoms with Gasteiger partial charge >= 0.3 is 0 Å². The van der Waals surface area contributed by atoms with Gasteiger partial charge in [0.05, 0.1) is 11.2 Å². The van der Waals surface area contributed by atoms with Gasteiger partial charge in [-0.25, -0.2) is 13.6 Å². The lowest BCUT2D eigenvalue weighted by Crippen LogP contribution is -2.16. The van der Waals surface area contributed by atoms with E-state index < -0.39 is 10.0 Å². The Morgan fingerprint density at radius 1 is 1.27 bits per heavy atom. The number of aromatic hydroxyl groups is 1. The Balaban J connectivity index is 1.87. The summed E-state index contributed by atoms with van der Waals surface area (Å²) < 4.78 is 23.2. The van der Waals surface area contributed by atoms with E-state index in [9.17, 15) is 13.5 Å². The molecule has 0 unspecified atom stereocenters. The molecule has 5 N–H and O–H groups in total. The third-order valence-corrected chi connectivity index (χ3v) is 4.78. The molecule has 0 fully saturated rings. The summed E-state index contributed by atoms with van der Waals surface area (Å²) in [7, 11) is -3.93. The quantitative estimate of drug-likeness (QED) is 0.387. The van der Waals surface area contributed by atoms with E-state index in [-0.39, 0.29) is 27.3 Å². The third-order valence-electron chi connectivity index (χ3n) is 3.39. The summed E-state index contributed by atoms with van der Waals surface area (Å²) >= 11 is 11.0. The molecule has 0 saturated heterocycles. The zero-order valence-electron chi connectivity index (χ0n) is 13.0. The van der Waals surface area contributed by atoms with E-state index in [0.29, 0.717) is 15.9 Å². The maximum absolute atomic E-state index is 11.6. The van der Waals surface area contributed by atoms with E-state index in [0.717, 1.165) is 0 Å². The summed E-state index contributed by atoms with van der Waals surface area (Å²) in [4.78, 5) is 2.61. The number of hydrogen-bond acceptors (Lipinski definition) is 5. The van der Waals surface area contributed by atoms with Gasteiger partial charge < -0.3 is 15.4 Å². The fourth-order valence-corrected chi connectivity index (χ4v) is 3.31. The van der Waals surface area contributed by atoms with Gasteiger partial charge in [0.1, 0.15) is 4.90 Å². The molecule has 8 nitrogen and oxygen atoms in total. The van der Waals surface area contributed by atoms with Gasteiger partial charge in [0, 0.05) is 10.4 Å². The molecular formula is C15H12ClN5O3S2. The minimum absolute atomic E-state index is 0.108. The molecule has 0 aliphatic rings. The Hall–Kier alpha value is -2.53. The van der Waals surface area contributed by atoms with E-state index in [1.165, 1.54) is 18.2 Å². The average molecular weight is 410 g/mol. The molecule has 0 spiro atoms. The molecule has 1 aromatic heterocycles. The standard InChI is InChI=1S/C15H12ClN5O3S2/c16-8-5-6-9-11(7-8)18-14(22)13(9)20-21-15(25)19-10-3-1-2-4-12(10)26(17,23)24/h1-7,18,22H,(H,19,25)(H2,17,23,24). The summed E-state index contributed by atoms with van der Waals surface area (Å²) in [6.07, 6.45) is 0. The van der Waals surface area contributed by atoms with Crippen molar-refractivity contribution in [2.75, 3.05) is 5.32 Å². The Labute approximate surface area is 158 Å². The van der Waals surface area contributed by atoms with E-state index in [1.54, 1.807) is 24.3 Å². The van der Waals surface area contributed by atoms with Crippen molar-refractivity contribution in [3.05, 3.63) is 47.5 Å². The molecule has 134 valence electrons. The highest BCUT2D eigenvalue weighted by atomic mass is 35.5. The van der Waals surface area contributed by atoms with Crippen molar-refractivity contribution in [2.45, 2.75) is 4.90 Å². The van der Waals surface area contributed by atoms with Gasteiger partial charge in [-0.15, -0.1) is 10.2 Å². The maximum Gasteiger partial charge on any atom is 0.240 e. The molecule has 0 amide bonds. The molecule has 0 atom stereocenters. The molecule has 2 aromatic carbocycles. The van der Waals surface area contributed by atoms with Crippen LogP contribution in [0, 0.1) is 0 Å². The predicted octanol–water partition coefficient (Wildman–Crippen LogP) is 3.66. The molecule has 0 aliphatic heterocycles. The van der Waals surface area contributed by atoms with Crippen molar-refractivity contribution in [2.24, 2.45) is 15.4 Å². The first-order chi connectivity index (χ1) is 12.3. The molecule has 0 radical (unpaired) electrons. The minimum atomic E-state index is -3.93. The second kappa shape index (κ2) is 7.00. The number of H-pyrrole nitrogens is 1. The lowest BCUT2D eigenvalue weighted by atomic mass is 10.2. The number of thiocarbonyl (C=S) groups is 1. The largest absolute Gasteiger partial charge is 0.493 e. The number of nitrogens with two attached hydrogens (primary N) is 1. The van der Waals surface area contributed by atoms with Crippen LogP contribution in [0.1, 0.15) is 0 Å². The second-order valence-corrected chi connectivity index (χ2v) is 7.54. The number of nitrogens with one attached hydrogen (secondary N) is 2. The van der Waals surface area contributed by atoms with Crippen molar-refractivity contribution in [3.63, 3.8) is 0 Å². The Morgan fingerprint density at radius 3 is 2.73 bits per heavy atom. The van der Waals surface area contributed by atoms with Gasteiger partial charge in [0.25, 0.3) is 0 Å². The number of fused-ring (bicyclic) bond motifs is 1. The molecular weight excluding hydrogens is 398 g/mol. The summed E-state index contributed by atoms with van der Waals surface area (Å²) in [6, 6.07) is 10.9. The number of sulfonamides is 1. The van der Waals surface area contributed by atoms with Crippen molar-refractivity contribution in [1.82, 2.24) is 4.98 Å². The zero-order valence-corrected chi connectivity index (χ0v) is 15.4. The number of rotatable bonds is 3. The number of aromatic nitrogens is 1. The van der Waals surface area contributed by atoms with E-state index in [1.807, 2.05) is 0 Å². The summed E-state index contributed by atoms with van der Waals surface area (Å²) in [5.41, 5.74) is 0.942. The fraction of sp³-hybridized carbons (Fsp3) is 0. The number of benzene rings is 2. The number of nitrogens with zero attached hydrogens (tertiary/aromatic N) is 2. The molecule has 3 rings (SSSR count). The monoisotopic (exact) mass is 409 g/mol. The highest BCUT2D eigenvalue weighted by Crippen LogP contribution is 2.36. The Kier molecular flexibility index (Phi) is 4.92. The first-order valence-electron chi connectivity index (χ1n) is 7.10. The van der Waals surface area contributed by atoms with Crippen molar-refractivity contribution in [3.8, 4) is 5.88 Å². The molecule has 0 aliphatic carbocycles. The lowest BCUT2D eigenvalue weighted by molar-refractivity contribution is 0.459. The number of primary sulfonamides is 1. The molecule has 1 heterocycles. The van der Waals surface area contributed by atoms with Crippen LogP contribution in [0.4, 0.5) is 11.4 Å². The topological polar surface area (TPSA) is 133 Å². The van der Waals surface area contributed by atoms with Gasteiger partial charge in [-0.2, -0.15) is 0 Å². The van der Waals surface area contributed by atoms with Crippen molar-refractivity contribution < 1.29 is 13.5 Å². The summed E-state index contributed by atoms with van der Waals surface area (Å²) in [5.74, 6) is -0.196. The average Bonchev–Trinajstić information content (AvgIpc) is 2.86. The van der Waals surface area contributed by atoms with E-state index in [4.69, 9.17) is 29.0 Å². The van der Waals surface area contributed by atoms with Gasteiger partial charge in [-0.1, -0.05) is 23.7 Å². The highest BCUT2D eigenvalue weighted by Gasteiger charge is 2.14. The summed E-state index contributed by atoms with van der Waals surface area (Å²) in [6.45, 7) is 0. The van der Waals surface area contributed by atoms with Crippen LogP contribution in [0.3, 0.4) is 0 Å². The first kappa shape index (κ1) is 18.3. The van der Waals surface area contributed by atoms with Crippen LogP contribution in [-0.4, -0.2) is 23.6 Å². The fourth-order valence-electron chi connectivity index (χ4n) is 2.30. The smallest absolute Gasteiger partial charge is 0.240 e. The molecule has 3 aromatic rings. The van der Waals surface area contributed by atoms with Crippen molar-refractivity contribution in [1.29, 1.82) is 0 Å². The van der Waals surface area contributed by atoms with Crippen LogP contribution >= 0.6 is 23.8 Å². The zero-order chi connectivity index (χ0) is 18.9. The number of aromatic amines is 1. The number of azo groups is 1. The molecule has 11 heteroatoms. The van der Waals surface area contributed by atoms with Crippen molar-refractivity contribution >= 4 is 61.2 Å². The number of anilines is 1. The third kappa shape index (κ3) is 3.83. The molecule has 26 heavy (non-hydrogen) atoms. The summed E-state index contributed by atoms with van der Waals surface area (Å²) in [5, 5.41) is 26.5. The second-order valence-electron chi connectivity index (χ2n) is 5.18. The van der Waals surface area contributed by atoms with Crippen LogP contribution in [0.5, 0.6) is 5.88 Å². The van der Waals surface area contributed by atoms with Crippen LogP contribution in [-0.2, 0) is 10.0 Å². The minimum Gasteiger partial charge on any atom is -0.493 e. The highest BCUT2D eigenvalue weighted by molar-refractivity contribution is 7.89. The predicted molar refractivity (Wildman–Crippen MR) is 104 cm³/mol. The van der Waals surface area contributed by atoms with Crippen LogP contribution in [0.2, 0.25) is 5.02 Å². The Bertz CT molecular complexity index is 1140. The van der Waals surface area contributed by atoms with Gasteiger partial charge in [-0.05, 0) is 42.5 Å². The number of hydrogen-bond donors (Lipinski definition) is 4. The van der Waals surface area contributed by atoms with Gasteiger partial charge in [0.2, 0.25) is 21.0 Å². The molecule has 0 saturated carbocycles. The van der Waals surface area contributed by atoms with E-state index >= 15 is 0 Å². The number of para-hydroxylation sites is 1. The van der Waals surface area contributed by atoms with Crippen LogP contribution < -0.4 is 10.5 Å². The van der Waals surface area contributed by atoms with Crippen LogP contribution in [0.15, 0.2) is 57.6 Å². The molecule has 0 bridgehead atoms. The normalized spacial score (nSPS) is 11.9. The van der Waals surface area contributed by atoms with E-state index in [2.05, 4.69) is 20.5 Å². The SMILES string of the molecule is NS(=O)(=O)c1ccccc1NC(=S)N=Nc1c(O)[nH]c2cc(Cl)ccc12. The first-order valence-corrected chi connectivity index (χ1v) is 9.44. The number of halogens is 1. The van der Waals surface area contributed by atoms with Gasteiger partial charge in [0.15, 0.2) is 5.69 Å². The Morgan fingerprint density at radius 2 is 2.00 bits per heavy atom. The lowest BCUT2D eigenvalue weighted by Gasteiger charge is -2.08. The van der Waals surface area contributed by atoms with Crippen LogP contribution in [0.25, 0.3) is 10.9 Å².